The predicted octanol–water partition coefficient (Wildman–Crippen LogP) is 1.94. The first-order valence-corrected chi connectivity index (χ1v) is 4.98. The minimum atomic E-state index is -0.0471. The van der Waals surface area contributed by atoms with E-state index in [2.05, 4.69) is 10.3 Å². The third kappa shape index (κ3) is 2.04. The number of pyridine rings is 1. The topological polar surface area (TPSA) is 42.0 Å². The number of carbonyl (C=O) groups is 1. The summed E-state index contributed by atoms with van der Waals surface area (Å²) in [5.41, 5.74) is 1.29. The molecule has 1 fully saturated rings. The van der Waals surface area contributed by atoms with E-state index in [1.54, 1.807) is 19.1 Å². The van der Waals surface area contributed by atoms with Crippen LogP contribution >= 0.6 is 11.6 Å². The SMILES string of the molecule is Cc1nc(Cl)ccc1C(=O)NC1CC1. The largest absolute Gasteiger partial charge is 0.349 e. The van der Waals surface area contributed by atoms with E-state index >= 15 is 0 Å². The maximum Gasteiger partial charge on any atom is 0.253 e. The smallest absolute Gasteiger partial charge is 0.253 e. The first-order chi connectivity index (χ1) is 6.66. The van der Waals surface area contributed by atoms with Crippen molar-refractivity contribution in [3.63, 3.8) is 0 Å². The maximum absolute atomic E-state index is 11.6. The minimum absolute atomic E-state index is 0.0471. The molecule has 74 valence electrons. The number of rotatable bonds is 2. The molecular weight excluding hydrogens is 200 g/mol. The third-order valence-corrected chi connectivity index (χ3v) is 2.42. The second-order valence-electron chi connectivity index (χ2n) is 3.51. The van der Waals surface area contributed by atoms with Gasteiger partial charge in [0.05, 0.1) is 11.3 Å². The normalized spacial score (nSPS) is 15.3. The summed E-state index contributed by atoms with van der Waals surface area (Å²) < 4.78 is 0. The van der Waals surface area contributed by atoms with Crippen molar-refractivity contribution < 1.29 is 4.79 Å². The minimum Gasteiger partial charge on any atom is -0.349 e. The zero-order valence-electron chi connectivity index (χ0n) is 7.88. The summed E-state index contributed by atoms with van der Waals surface area (Å²) in [5.74, 6) is -0.0471. The second-order valence-corrected chi connectivity index (χ2v) is 3.90. The Bertz CT molecular complexity index is 374. The van der Waals surface area contributed by atoms with Crippen LogP contribution in [0.2, 0.25) is 5.15 Å². The van der Waals surface area contributed by atoms with E-state index in [0.29, 0.717) is 22.5 Å². The van der Waals surface area contributed by atoms with E-state index in [-0.39, 0.29) is 5.91 Å². The van der Waals surface area contributed by atoms with Crippen molar-refractivity contribution in [3.8, 4) is 0 Å². The number of carbonyl (C=O) groups excluding carboxylic acids is 1. The van der Waals surface area contributed by atoms with Crippen LogP contribution in [0.4, 0.5) is 0 Å². The average molecular weight is 211 g/mol. The maximum atomic E-state index is 11.6. The van der Waals surface area contributed by atoms with Gasteiger partial charge in [-0.3, -0.25) is 4.79 Å². The summed E-state index contributed by atoms with van der Waals surface area (Å²) in [6, 6.07) is 3.72. The van der Waals surface area contributed by atoms with Gasteiger partial charge in [0, 0.05) is 6.04 Å². The quantitative estimate of drug-likeness (QED) is 0.758. The fourth-order valence-electron chi connectivity index (χ4n) is 1.26. The van der Waals surface area contributed by atoms with E-state index in [1.807, 2.05) is 0 Å². The van der Waals surface area contributed by atoms with Crippen molar-refractivity contribution in [2.24, 2.45) is 0 Å². The van der Waals surface area contributed by atoms with Crippen molar-refractivity contribution in [1.82, 2.24) is 10.3 Å². The summed E-state index contributed by atoms with van der Waals surface area (Å²) in [4.78, 5) is 15.7. The molecule has 4 heteroatoms. The van der Waals surface area contributed by atoms with Crippen LogP contribution in [0, 0.1) is 6.92 Å². The zero-order chi connectivity index (χ0) is 10.1. The summed E-state index contributed by atoms with van der Waals surface area (Å²) in [6.45, 7) is 1.79. The Morgan fingerprint density at radius 3 is 2.86 bits per heavy atom. The van der Waals surface area contributed by atoms with E-state index in [4.69, 9.17) is 11.6 Å². The average Bonchev–Trinajstić information content (AvgIpc) is 2.87. The van der Waals surface area contributed by atoms with E-state index in [9.17, 15) is 4.79 Å². The lowest BCUT2D eigenvalue weighted by Crippen LogP contribution is -2.26. The second kappa shape index (κ2) is 3.58. The van der Waals surface area contributed by atoms with E-state index < -0.39 is 0 Å². The number of aromatic nitrogens is 1. The molecule has 14 heavy (non-hydrogen) atoms. The number of halogens is 1. The molecule has 3 nitrogen and oxygen atoms in total. The van der Waals surface area contributed by atoms with Gasteiger partial charge in [-0.1, -0.05) is 11.6 Å². The van der Waals surface area contributed by atoms with Gasteiger partial charge in [-0.25, -0.2) is 4.98 Å². The first-order valence-electron chi connectivity index (χ1n) is 4.61. The number of nitrogens with one attached hydrogen (secondary N) is 1. The van der Waals surface area contributed by atoms with Gasteiger partial charge in [-0.05, 0) is 31.9 Å². The van der Waals surface area contributed by atoms with Crippen LogP contribution in [-0.2, 0) is 0 Å². The highest BCUT2D eigenvalue weighted by molar-refractivity contribution is 6.29. The molecule has 0 aliphatic heterocycles. The molecule has 0 spiro atoms. The van der Waals surface area contributed by atoms with Gasteiger partial charge in [0.2, 0.25) is 0 Å². The molecule has 1 saturated carbocycles. The standard InChI is InChI=1S/C10H11ClN2O/c1-6-8(4-5-9(11)12-6)10(14)13-7-2-3-7/h4-5,7H,2-3H2,1H3,(H,13,14). The molecule has 0 unspecified atom stereocenters. The molecule has 1 N–H and O–H groups in total. The monoisotopic (exact) mass is 210 g/mol. The molecule has 1 amide bonds. The first kappa shape index (κ1) is 9.46. The Hall–Kier alpha value is -1.09. The molecule has 0 atom stereocenters. The summed E-state index contributed by atoms with van der Waals surface area (Å²) >= 11 is 5.70. The van der Waals surface area contributed by atoms with Crippen molar-refractivity contribution >= 4 is 17.5 Å². The van der Waals surface area contributed by atoms with E-state index in [0.717, 1.165) is 12.8 Å². The lowest BCUT2D eigenvalue weighted by atomic mass is 10.2. The predicted molar refractivity (Wildman–Crippen MR) is 54.5 cm³/mol. The molecule has 1 aliphatic rings. The Kier molecular flexibility index (Phi) is 2.42. The van der Waals surface area contributed by atoms with Gasteiger partial charge < -0.3 is 5.32 Å². The fourth-order valence-corrected chi connectivity index (χ4v) is 1.45. The van der Waals surface area contributed by atoms with Gasteiger partial charge in [-0.2, -0.15) is 0 Å². The van der Waals surface area contributed by atoms with Crippen LogP contribution in [0.5, 0.6) is 0 Å². The molecule has 2 rings (SSSR count). The van der Waals surface area contributed by atoms with Crippen molar-refractivity contribution in [2.45, 2.75) is 25.8 Å². The van der Waals surface area contributed by atoms with Gasteiger partial charge >= 0.3 is 0 Å². The number of nitrogens with zero attached hydrogens (tertiary/aromatic N) is 1. The van der Waals surface area contributed by atoms with Crippen LogP contribution in [0.15, 0.2) is 12.1 Å². The number of amides is 1. The van der Waals surface area contributed by atoms with Crippen LogP contribution < -0.4 is 5.32 Å². The summed E-state index contributed by atoms with van der Waals surface area (Å²) in [7, 11) is 0. The Labute approximate surface area is 87.5 Å². The summed E-state index contributed by atoms with van der Waals surface area (Å²) in [6.07, 6.45) is 2.18. The molecule has 1 aliphatic carbocycles. The van der Waals surface area contributed by atoms with Crippen molar-refractivity contribution in [2.75, 3.05) is 0 Å². The number of hydrogen-bond acceptors (Lipinski definition) is 2. The van der Waals surface area contributed by atoms with E-state index in [1.165, 1.54) is 0 Å². The van der Waals surface area contributed by atoms with Crippen LogP contribution in [-0.4, -0.2) is 16.9 Å². The highest BCUT2D eigenvalue weighted by atomic mass is 35.5. The molecule has 0 aromatic carbocycles. The van der Waals surface area contributed by atoms with Gasteiger partial charge in [0.15, 0.2) is 0 Å². The summed E-state index contributed by atoms with van der Waals surface area (Å²) in [5, 5.41) is 3.33. The van der Waals surface area contributed by atoms with Crippen molar-refractivity contribution in [1.29, 1.82) is 0 Å². The van der Waals surface area contributed by atoms with Crippen LogP contribution in [0.25, 0.3) is 0 Å². The molecule has 0 bridgehead atoms. The molecule has 0 radical (unpaired) electrons. The lowest BCUT2D eigenvalue weighted by molar-refractivity contribution is 0.0950. The molecule has 1 aromatic rings. The van der Waals surface area contributed by atoms with Gasteiger partial charge in [0.25, 0.3) is 5.91 Å². The molecule has 1 aromatic heterocycles. The zero-order valence-corrected chi connectivity index (χ0v) is 8.64. The van der Waals surface area contributed by atoms with Crippen LogP contribution in [0.3, 0.4) is 0 Å². The lowest BCUT2D eigenvalue weighted by Gasteiger charge is -2.05. The fraction of sp³-hybridized carbons (Fsp3) is 0.400. The number of hydrogen-bond donors (Lipinski definition) is 1. The Morgan fingerprint density at radius 1 is 1.57 bits per heavy atom. The highest BCUT2D eigenvalue weighted by Gasteiger charge is 2.24. The molecule has 0 saturated heterocycles. The van der Waals surface area contributed by atoms with Crippen LogP contribution in [0.1, 0.15) is 28.9 Å². The highest BCUT2D eigenvalue weighted by Crippen LogP contribution is 2.20. The third-order valence-electron chi connectivity index (χ3n) is 2.21. The van der Waals surface area contributed by atoms with Gasteiger partial charge in [0.1, 0.15) is 5.15 Å². The Morgan fingerprint density at radius 2 is 2.29 bits per heavy atom. The van der Waals surface area contributed by atoms with Crippen molar-refractivity contribution in [3.05, 3.63) is 28.5 Å². The Balaban J connectivity index is 2.17. The van der Waals surface area contributed by atoms with Gasteiger partial charge in [-0.15, -0.1) is 0 Å². The molecule has 1 heterocycles. The number of aryl methyl sites for hydroxylation is 1. The molecular formula is C10H11ClN2O.